The second-order valence-electron chi connectivity index (χ2n) is 3.99. The Bertz CT molecular complexity index is 327. The largest absolute Gasteiger partial charge is 0.497 e. The van der Waals surface area contributed by atoms with Gasteiger partial charge in [0.25, 0.3) is 0 Å². The molecule has 16 heavy (non-hydrogen) atoms. The van der Waals surface area contributed by atoms with E-state index in [1.165, 1.54) is 0 Å². The fraction of sp³-hybridized carbons (Fsp3) is 0.500. The van der Waals surface area contributed by atoms with Crippen LogP contribution in [0.3, 0.4) is 0 Å². The van der Waals surface area contributed by atoms with E-state index in [1.54, 1.807) is 7.11 Å². The SMILES string of the molecule is CCCC(CC)C(=O)c1ccc(OC)cc1. The van der Waals surface area contributed by atoms with Crippen LogP contribution in [0, 0.1) is 5.92 Å². The second-order valence-corrected chi connectivity index (χ2v) is 3.99. The van der Waals surface area contributed by atoms with Gasteiger partial charge in [0.15, 0.2) is 5.78 Å². The van der Waals surface area contributed by atoms with Gasteiger partial charge in [0.2, 0.25) is 0 Å². The van der Waals surface area contributed by atoms with Gasteiger partial charge in [-0.3, -0.25) is 4.79 Å². The minimum Gasteiger partial charge on any atom is -0.497 e. The first kappa shape index (κ1) is 12.8. The van der Waals surface area contributed by atoms with Crippen LogP contribution in [0.25, 0.3) is 0 Å². The van der Waals surface area contributed by atoms with Gasteiger partial charge >= 0.3 is 0 Å². The van der Waals surface area contributed by atoms with Crippen LogP contribution in [-0.2, 0) is 0 Å². The van der Waals surface area contributed by atoms with Gasteiger partial charge in [-0.1, -0.05) is 20.3 Å². The predicted octanol–water partition coefficient (Wildman–Crippen LogP) is 3.70. The Labute approximate surface area is 97.6 Å². The third-order valence-electron chi connectivity index (χ3n) is 2.88. The van der Waals surface area contributed by atoms with Gasteiger partial charge in [-0.15, -0.1) is 0 Å². The second kappa shape index (κ2) is 6.31. The summed E-state index contributed by atoms with van der Waals surface area (Å²) in [5.41, 5.74) is 0.793. The lowest BCUT2D eigenvalue weighted by atomic mass is 9.91. The number of benzene rings is 1. The molecule has 1 aromatic rings. The highest BCUT2D eigenvalue weighted by molar-refractivity contribution is 5.97. The molecule has 1 rings (SSSR count). The van der Waals surface area contributed by atoms with Crippen LogP contribution in [0.2, 0.25) is 0 Å². The molecule has 0 saturated carbocycles. The number of methoxy groups -OCH3 is 1. The third kappa shape index (κ3) is 3.09. The van der Waals surface area contributed by atoms with Gasteiger partial charge < -0.3 is 4.74 Å². The zero-order chi connectivity index (χ0) is 12.0. The Morgan fingerprint density at radius 1 is 1.25 bits per heavy atom. The average Bonchev–Trinajstić information content (AvgIpc) is 2.35. The van der Waals surface area contributed by atoms with E-state index in [1.807, 2.05) is 24.3 Å². The summed E-state index contributed by atoms with van der Waals surface area (Å²) in [6, 6.07) is 7.37. The van der Waals surface area contributed by atoms with Crippen molar-refractivity contribution in [2.75, 3.05) is 7.11 Å². The lowest BCUT2D eigenvalue weighted by Crippen LogP contribution is -2.13. The number of carbonyl (C=O) groups is 1. The van der Waals surface area contributed by atoms with E-state index in [-0.39, 0.29) is 11.7 Å². The standard InChI is InChI=1S/C14H20O2/c1-4-6-11(5-2)14(15)12-7-9-13(16-3)10-8-12/h7-11H,4-6H2,1-3H3. The van der Waals surface area contributed by atoms with Crippen molar-refractivity contribution in [2.24, 2.45) is 5.92 Å². The molecule has 0 aliphatic rings. The molecule has 1 atom stereocenters. The van der Waals surface area contributed by atoms with Crippen molar-refractivity contribution in [3.8, 4) is 5.75 Å². The molecule has 0 bridgehead atoms. The molecule has 88 valence electrons. The van der Waals surface area contributed by atoms with E-state index in [0.29, 0.717) is 0 Å². The van der Waals surface area contributed by atoms with Gasteiger partial charge in [-0.25, -0.2) is 0 Å². The molecule has 0 aliphatic heterocycles. The number of Topliss-reactive ketones (excluding diaryl/α,β-unsaturated/α-hetero) is 1. The summed E-state index contributed by atoms with van der Waals surface area (Å²) in [6.45, 7) is 4.19. The fourth-order valence-electron chi connectivity index (χ4n) is 1.86. The van der Waals surface area contributed by atoms with Crippen molar-refractivity contribution in [1.29, 1.82) is 0 Å². The van der Waals surface area contributed by atoms with E-state index in [4.69, 9.17) is 4.74 Å². The van der Waals surface area contributed by atoms with Crippen molar-refractivity contribution in [3.05, 3.63) is 29.8 Å². The maximum atomic E-state index is 12.1. The molecule has 0 aromatic heterocycles. The molecule has 0 N–H and O–H groups in total. The summed E-state index contributed by atoms with van der Waals surface area (Å²) in [5, 5.41) is 0. The maximum Gasteiger partial charge on any atom is 0.165 e. The maximum absolute atomic E-state index is 12.1. The minimum atomic E-state index is 0.165. The van der Waals surface area contributed by atoms with Crippen LogP contribution in [0.5, 0.6) is 5.75 Å². The zero-order valence-corrected chi connectivity index (χ0v) is 10.3. The van der Waals surface area contributed by atoms with Crippen molar-refractivity contribution in [1.82, 2.24) is 0 Å². The summed E-state index contributed by atoms with van der Waals surface area (Å²) >= 11 is 0. The summed E-state index contributed by atoms with van der Waals surface area (Å²) in [4.78, 5) is 12.1. The Hall–Kier alpha value is -1.31. The van der Waals surface area contributed by atoms with Crippen molar-refractivity contribution in [2.45, 2.75) is 33.1 Å². The summed E-state index contributed by atoms with van der Waals surface area (Å²) in [7, 11) is 1.63. The lowest BCUT2D eigenvalue weighted by Gasteiger charge is -2.12. The zero-order valence-electron chi connectivity index (χ0n) is 10.3. The minimum absolute atomic E-state index is 0.165. The van der Waals surface area contributed by atoms with Gasteiger partial charge in [0.05, 0.1) is 7.11 Å². The first-order valence-corrected chi connectivity index (χ1v) is 5.91. The van der Waals surface area contributed by atoms with Crippen LogP contribution in [0.1, 0.15) is 43.5 Å². The molecule has 1 unspecified atom stereocenters. The molecular formula is C14H20O2. The summed E-state index contributed by atoms with van der Waals surface area (Å²) in [6.07, 6.45) is 2.94. The quantitative estimate of drug-likeness (QED) is 0.683. The number of rotatable bonds is 6. The first-order chi connectivity index (χ1) is 7.72. The van der Waals surface area contributed by atoms with Crippen LogP contribution < -0.4 is 4.74 Å². The van der Waals surface area contributed by atoms with Crippen LogP contribution >= 0.6 is 0 Å². The summed E-state index contributed by atoms with van der Waals surface area (Å²) in [5.74, 6) is 1.21. The molecule has 0 aliphatic carbocycles. The fourth-order valence-corrected chi connectivity index (χ4v) is 1.86. The van der Waals surface area contributed by atoms with E-state index in [2.05, 4.69) is 13.8 Å². The van der Waals surface area contributed by atoms with E-state index in [9.17, 15) is 4.79 Å². The van der Waals surface area contributed by atoms with Gasteiger partial charge in [0, 0.05) is 11.5 Å². The Balaban J connectivity index is 2.78. The normalized spacial score (nSPS) is 12.2. The van der Waals surface area contributed by atoms with Gasteiger partial charge in [-0.05, 0) is 37.1 Å². The molecule has 0 saturated heterocycles. The number of hydrogen-bond acceptors (Lipinski definition) is 2. The van der Waals surface area contributed by atoms with Gasteiger partial charge in [-0.2, -0.15) is 0 Å². The topological polar surface area (TPSA) is 26.3 Å². The number of ether oxygens (including phenoxy) is 1. The Morgan fingerprint density at radius 2 is 1.88 bits per heavy atom. The molecule has 2 nitrogen and oxygen atoms in total. The number of ketones is 1. The predicted molar refractivity (Wildman–Crippen MR) is 66.0 cm³/mol. The van der Waals surface area contributed by atoms with E-state index >= 15 is 0 Å². The lowest BCUT2D eigenvalue weighted by molar-refractivity contribution is 0.0909. The molecule has 0 amide bonds. The molecule has 0 heterocycles. The first-order valence-electron chi connectivity index (χ1n) is 5.91. The van der Waals surface area contributed by atoms with Crippen molar-refractivity contribution < 1.29 is 9.53 Å². The smallest absolute Gasteiger partial charge is 0.165 e. The van der Waals surface area contributed by atoms with Crippen LogP contribution in [0.4, 0.5) is 0 Å². The molecule has 2 heteroatoms. The molecule has 1 aromatic carbocycles. The van der Waals surface area contributed by atoms with Gasteiger partial charge in [0.1, 0.15) is 5.75 Å². The van der Waals surface area contributed by atoms with Crippen LogP contribution in [-0.4, -0.2) is 12.9 Å². The van der Waals surface area contributed by atoms with Crippen molar-refractivity contribution in [3.63, 3.8) is 0 Å². The average molecular weight is 220 g/mol. The molecule has 0 radical (unpaired) electrons. The highest BCUT2D eigenvalue weighted by atomic mass is 16.5. The number of carbonyl (C=O) groups excluding carboxylic acids is 1. The Kier molecular flexibility index (Phi) is 5.03. The van der Waals surface area contributed by atoms with Crippen molar-refractivity contribution >= 4 is 5.78 Å². The van der Waals surface area contributed by atoms with E-state index in [0.717, 1.165) is 30.6 Å². The van der Waals surface area contributed by atoms with Crippen LogP contribution in [0.15, 0.2) is 24.3 Å². The number of hydrogen-bond donors (Lipinski definition) is 0. The highest BCUT2D eigenvalue weighted by Gasteiger charge is 2.16. The molecule has 0 fully saturated rings. The molecular weight excluding hydrogens is 200 g/mol. The highest BCUT2D eigenvalue weighted by Crippen LogP contribution is 2.19. The van der Waals surface area contributed by atoms with E-state index < -0.39 is 0 Å². The summed E-state index contributed by atoms with van der Waals surface area (Å²) < 4.78 is 5.07. The Morgan fingerprint density at radius 3 is 2.31 bits per heavy atom. The monoisotopic (exact) mass is 220 g/mol. The third-order valence-corrected chi connectivity index (χ3v) is 2.88. The molecule has 0 spiro atoms.